The molecule has 0 aromatic heterocycles. The summed E-state index contributed by atoms with van der Waals surface area (Å²) in [6.07, 6.45) is 1.74. The van der Waals surface area contributed by atoms with Crippen molar-refractivity contribution >= 4 is 28.9 Å². The number of rotatable bonds is 3. The Morgan fingerprint density at radius 3 is 2.96 bits per heavy atom. The standard InChI is InChI=1S/C18H18ClFN2O/c1-12-5-6-13-9-15(20)7-8-17(13)22(12)11-18(23)21-16-4-2-3-14(19)10-16/h2-4,7-10,12H,5-6,11H2,1H3,(H,21,23). The lowest BCUT2D eigenvalue weighted by molar-refractivity contribution is -0.115. The minimum Gasteiger partial charge on any atom is -0.359 e. The van der Waals surface area contributed by atoms with Gasteiger partial charge in [0.2, 0.25) is 5.91 Å². The molecule has 0 spiro atoms. The van der Waals surface area contributed by atoms with Gasteiger partial charge in [0.15, 0.2) is 0 Å². The number of fused-ring (bicyclic) bond motifs is 1. The van der Waals surface area contributed by atoms with Gasteiger partial charge in [0.05, 0.1) is 6.54 Å². The number of hydrogen-bond donors (Lipinski definition) is 1. The highest BCUT2D eigenvalue weighted by atomic mass is 35.5. The highest BCUT2D eigenvalue weighted by Gasteiger charge is 2.25. The first-order valence-corrected chi connectivity index (χ1v) is 8.01. The Labute approximate surface area is 140 Å². The summed E-state index contributed by atoms with van der Waals surface area (Å²) in [5.74, 6) is -0.349. The molecule has 3 rings (SSSR count). The minimum atomic E-state index is -0.235. The van der Waals surface area contributed by atoms with Crippen LogP contribution in [0.2, 0.25) is 5.02 Å². The second-order valence-electron chi connectivity index (χ2n) is 5.85. The van der Waals surface area contributed by atoms with Crippen molar-refractivity contribution in [3.8, 4) is 0 Å². The van der Waals surface area contributed by atoms with E-state index >= 15 is 0 Å². The molecule has 2 aromatic carbocycles. The van der Waals surface area contributed by atoms with Crippen molar-refractivity contribution in [3.05, 3.63) is 58.9 Å². The number of amides is 1. The third-order valence-corrected chi connectivity index (χ3v) is 4.37. The number of nitrogens with zero attached hydrogens (tertiary/aromatic N) is 1. The van der Waals surface area contributed by atoms with Crippen LogP contribution in [0.15, 0.2) is 42.5 Å². The van der Waals surface area contributed by atoms with Crippen LogP contribution in [0, 0.1) is 5.82 Å². The number of hydrogen-bond acceptors (Lipinski definition) is 2. The lowest BCUT2D eigenvalue weighted by Gasteiger charge is -2.36. The van der Waals surface area contributed by atoms with Crippen molar-refractivity contribution in [1.29, 1.82) is 0 Å². The molecule has 1 unspecified atom stereocenters. The summed E-state index contributed by atoms with van der Waals surface area (Å²) in [5, 5.41) is 3.43. The molecule has 5 heteroatoms. The first-order valence-electron chi connectivity index (χ1n) is 7.63. The van der Waals surface area contributed by atoms with Crippen molar-refractivity contribution in [1.82, 2.24) is 0 Å². The highest BCUT2D eigenvalue weighted by molar-refractivity contribution is 6.30. The molecule has 0 bridgehead atoms. The van der Waals surface area contributed by atoms with Crippen LogP contribution in [-0.2, 0) is 11.2 Å². The van der Waals surface area contributed by atoms with Gasteiger partial charge in [0.25, 0.3) is 0 Å². The van der Waals surface area contributed by atoms with E-state index < -0.39 is 0 Å². The largest absolute Gasteiger partial charge is 0.359 e. The third kappa shape index (κ3) is 3.64. The molecule has 0 radical (unpaired) electrons. The number of benzene rings is 2. The third-order valence-electron chi connectivity index (χ3n) is 4.14. The zero-order chi connectivity index (χ0) is 16.4. The van der Waals surface area contributed by atoms with Crippen LogP contribution in [0.3, 0.4) is 0 Å². The molecule has 0 aliphatic carbocycles. The van der Waals surface area contributed by atoms with Gasteiger partial charge in [-0.05, 0) is 61.7 Å². The molecular weight excluding hydrogens is 315 g/mol. The van der Waals surface area contributed by atoms with E-state index in [9.17, 15) is 9.18 Å². The average Bonchev–Trinajstić information content (AvgIpc) is 2.50. The minimum absolute atomic E-state index is 0.115. The van der Waals surface area contributed by atoms with Gasteiger partial charge in [-0.1, -0.05) is 17.7 Å². The number of anilines is 2. The van der Waals surface area contributed by atoms with Crippen molar-refractivity contribution < 1.29 is 9.18 Å². The SMILES string of the molecule is CC1CCc2cc(F)ccc2N1CC(=O)Nc1cccc(Cl)c1. The molecule has 0 fully saturated rings. The molecule has 3 nitrogen and oxygen atoms in total. The van der Waals surface area contributed by atoms with Gasteiger partial charge >= 0.3 is 0 Å². The second kappa shape index (κ2) is 6.59. The van der Waals surface area contributed by atoms with E-state index in [1.54, 1.807) is 36.4 Å². The van der Waals surface area contributed by atoms with E-state index in [4.69, 9.17) is 11.6 Å². The fraction of sp³-hybridized carbons (Fsp3) is 0.278. The molecule has 1 aliphatic rings. The number of halogens is 2. The fourth-order valence-electron chi connectivity index (χ4n) is 2.95. The summed E-state index contributed by atoms with van der Waals surface area (Å²) >= 11 is 5.93. The molecule has 23 heavy (non-hydrogen) atoms. The Morgan fingerprint density at radius 2 is 2.17 bits per heavy atom. The van der Waals surface area contributed by atoms with Crippen molar-refractivity contribution in [2.45, 2.75) is 25.8 Å². The van der Waals surface area contributed by atoms with Crippen LogP contribution in [0.5, 0.6) is 0 Å². The summed E-state index contributed by atoms with van der Waals surface area (Å²) < 4.78 is 13.4. The van der Waals surface area contributed by atoms with Crippen LogP contribution in [0.25, 0.3) is 0 Å². The predicted molar refractivity (Wildman–Crippen MR) is 91.6 cm³/mol. The molecule has 1 aliphatic heterocycles. The number of carbonyl (C=O) groups excluding carboxylic acids is 1. The smallest absolute Gasteiger partial charge is 0.243 e. The van der Waals surface area contributed by atoms with E-state index in [1.165, 1.54) is 6.07 Å². The molecule has 0 saturated heterocycles. The van der Waals surface area contributed by atoms with Crippen LogP contribution in [0.1, 0.15) is 18.9 Å². The monoisotopic (exact) mass is 332 g/mol. The fourth-order valence-corrected chi connectivity index (χ4v) is 3.14. The number of aryl methyl sites for hydroxylation is 1. The zero-order valence-corrected chi connectivity index (χ0v) is 13.6. The van der Waals surface area contributed by atoms with Crippen molar-refractivity contribution in [2.24, 2.45) is 0 Å². The lowest BCUT2D eigenvalue weighted by atomic mass is 9.96. The van der Waals surface area contributed by atoms with Gasteiger partial charge in [-0.15, -0.1) is 0 Å². The summed E-state index contributed by atoms with van der Waals surface area (Å²) in [4.78, 5) is 14.4. The van der Waals surface area contributed by atoms with E-state index in [0.29, 0.717) is 10.7 Å². The molecule has 1 heterocycles. The number of carbonyl (C=O) groups is 1. The Hall–Kier alpha value is -2.07. The van der Waals surface area contributed by atoms with Gasteiger partial charge in [-0.3, -0.25) is 4.79 Å². The normalized spacial score (nSPS) is 16.8. The molecule has 1 N–H and O–H groups in total. The van der Waals surface area contributed by atoms with Gasteiger partial charge in [0.1, 0.15) is 5.82 Å². The lowest BCUT2D eigenvalue weighted by Crippen LogP contribution is -2.42. The topological polar surface area (TPSA) is 32.3 Å². The van der Waals surface area contributed by atoms with Gasteiger partial charge in [0, 0.05) is 22.4 Å². The van der Waals surface area contributed by atoms with Gasteiger partial charge < -0.3 is 10.2 Å². The second-order valence-corrected chi connectivity index (χ2v) is 6.28. The summed E-state index contributed by atoms with van der Waals surface area (Å²) in [6, 6.07) is 12.1. The maximum absolute atomic E-state index is 13.4. The summed E-state index contributed by atoms with van der Waals surface area (Å²) in [5.41, 5.74) is 2.57. The van der Waals surface area contributed by atoms with Crippen LogP contribution in [-0.4, -0.2) is 18.5 Å². The maximum Gasteiger partial charge on any atom is 0.243 e. The first kappa shape index (κ1) is 15.8. The first-order chi connectivity index (χ1) is 11.0. The van der Waals surface area contributed by atoms with Crippen LogP contribution in [0.4, 0.5) is 15.8 Å². The molecule has 1 atom stereocenters. The van der Waals surface area contributed by atoms with E-state index in [-0.39, 0.29) is 24.3 Å². The van der Waals surface area contributed by atoms with Gasteiger partial charge in [-0.25, -0.2) is 4.39 Å². The molecule has 1 amide bonds. The molecular formula is C18H18ClFN2O. The Morgan fingerprint density at radius 1 is 1.35 bits per heavy atom. The van der Waals surface area contributed by atoms with Crippen molar-refractivity contribution in [2.75, 3.05) is 16.8 Å². The van der Waals surface area contributed by atoms with E-state index in [1.807, 2.05) is 4.90 Å². The van der Waals surface area contributed by atoms with E-state index in [0.717, 1.165) is 24.1 Å². The average molecular weight is 333 g/mol. The Kier molecular flexibility index (Phi) is 4.53. The van der Waals surface area contributed by atoms with Crippen molar-refractivity contribution in [3.63, 3.8) is 0 Å². The molecule has 2 aromatic rings. The zero-order valence-electron chi connectivity index (χ0n) is 12.9. The highest BCUT2D eigenvalue weighted by Crippen LogP contribution is 2.31. The maximum atomic E-state index is 13.4. The Balaban J connectivity index is 1.75. The predicted octanol–water partition coefficient (Wildman–Crippen LogP) is 4.26. The van der Waals surface area contributed by atoms with E-state index in [2.05, 4.69) is 12.2 Å². The van der Waals surface area contributed by atoms with Crippen LogP contribution >= 0.6 is 11.6 Å². The molecule has 120 valence electrons. The summed E-state index contributed by atoms with van der Waals surface area (Å²) in [7, 11) is 0. The van der Waals surface area contributed by atoms with Gasteiger partial charge in [-0.2, -0.15) is 0 Å². The number of nitrogens with one attached hydrogen (secondary N) is 1. The quantitative estimate of drug-likeness (QED) is 0.911. The Bertz CT molecular complexity index is 735. The summed E-state index contributed by atoms with van der Waals surface area (Å²) in [6.45, 7) is 2.31. The molecule has 0 saturated carbocycles. The van der Waals surface area contributed by atoms with Crippen LogP contribution < -0.4 is 10.2 Å².